The first-order valence-corrected chi connectivity index (χ1v) is 9.42. The van der Waals surface area contributed by atoms with Crippen LogP contribution in [0.2, 0.25) is 0 Å². The number of carbonyl (C=O) groups is 1. The van der Waals surface area contributed by atoms with E-state index in [0.717, 1.165) is 0 Å². The molecule has 0 fully saturated rings. The van der Waals surface area contributed by atoms with Gasteiger partial charge in [-0.2, -0.15) is 5.10 Å². The number of amides is 1. The van der Waals surface area contributed by atoms with E-state index in [4.69, 9.17) is 5.73 Å². The molecule has 0 aliphatic heterocycles. The molecule has 136 valence electrons. The van der Waals surface area contributed by atoms with Gasteiger partial charge in [-0.15, -0.1) is 0 Å². The van der Waals surface area contributed by atoms with Gasteiger partial charge in [-0.25, -0.2) is 8.42 Å². The lowest BCUT2D eigenvalue weighted by molar-refractivity contribution is 0.100. The fraction of sp³-hybridized carbons (Fsp3) is 0.412. The summed E-state index contributed by atoms with van der Waals surface area (Å²) in [6.45, 7) is 9.62. The maximum atomic E-state index is 12.9. The number of aromatic nitrogens is 2. The third-order valence-corrected chi connectivity index (χ3v) is 5.03. The largest absolute Gasteiger partial charge is 0.366 e. The molecule has 0 bridgehead atoms. The van der Waals surface area contributed by atoms with Crippen molar-refractivity contribution in [3.05, 3.63) is 41.7 Å². The lowest BCUT2D eigenvalue weighted by Gasteiger charge is -2.18. The topological polar surface area (TPSA) is 107 Å². The summed E-state index contributed by atoms with van der Waals surface area (Å²) >= 11 is 0. The van der Waals surface area contributed by atoms with Crippen LogP contribution in [0.4, 0.5) is 5.69 Å². The summed E-state index contributed by atoms with van der Waals surface area (Å²) in [5.74, 6) is -0.567. The van der Waals surface area contributed by atoms with E-state index < -0.39 is 21.3 Å². The third-order valence-electron chi connectivity index (χ3n) is 3.65. The first kappa shape index (κ1) is 19.0. The highest BCUT2D eigenvalue weighted by Gasteiger charge is 2.30. The zero-order valence-electron chi connectivity index (χ0n) is 15.1. The molecule has 0 unspecified atom stereocenters. The Kier molecular flexibility index (Phi) is 4.94. The number of carbonyl (C=O) groups excluding carboxylic acids is 1. The predicted molar refractivity (Wildman–Crippen MR) is 97.1 cm³/mol. The fourth-order valence-corrected chi connectivity index (χ4v) is 3.67. The van der Waals surface area contributed by atoms with Crippen molar-refractivity contribution in [2.24, 2.45) is 5.73 Å². The maximum Gasteiger partial charge on any atom is 0.265 e. The van der Waals surface area contributed by atoms with Gasteiger partial charge in [0, 0.05) is 28.9 Å². The molecular weight excluding hydrogens is 340 g/mol. The van der Waals surface area contributed by atoms with Gasteiger partial charge >= 0.3 is 0 Å². The smallest absolute Gasteiger partial charge is 0.265 e. The van der Waals surface area contributed by atoms with E-state index in [1.165, 1.54) is 24.3 Å². The maximum absolute atomic E-state index is 12.9. The van der Waals surface area contributed by atoms with Gasteiger partial charge in [0.2, 0.25) is 5.91 Å². The highest BCUT2D eigenvalue weighted by atomic mass is 32.2. The van der Waals surface area contributed by atoms with E-state index in [1.807, 2.05) is 34.6 Å². The number of nitrogens with two attached hydrogens (primary N) is 1. The van der Waals surface area contributed by atoms with E-state index in [9.17, 15) is 13.2 Å². The normalized spacial score (nSPS) is 12.4. The Balaban J connectivity index is 2.43. The van der Waals surface area contributed by atoms with Gasteiger partial charge in [-0.1, -0.05) is 20.8 Å². The molecule has 0 spiro atoms. The van der Waals surface area contributed by atoms with Gasteiger partial charge < -0.3 is 5.73 Å². The van der Waals surface area contributed by atoms with Gasteiger partial charge in [0.1, 0.15) is 4.90 Å². The highest BCUT2D eigenvalue weighted by molar-refractivity contribution is 7.92. The summed E-state index contributed by atoms with van der Waals surface area (Å²) in [7, 11) is -3.82. The number of sulfonamides is 1. The molecule has 1 aromatic heterocycles. The molecule has 0 aliphatic carbocycles. The lowest BCUT2D eigenvalue weighted by atomic mass is 9.92. The fourth-order valence-electron chi connectivity index (χ4n) is 2.27. The number of benzene rings is 1. The molecule has 0 saturated heterocycles. The van der Waals surface area contributed by atoms with Crippen molar-refractivity contribution in [1.29, 1.82) is 0 Å². The molecule has 0 saturated carbocycles. The van der Waals surface area contributed by atoms with Crippen molar-refractivity contribution >= 4 is 21.6 Å². The molecule has 0 radical (unpaired) electrons. The lowest BCUT2D eigenvalue weighted by Crippen LogP contribution is -2.20. The highest BCUT2D eigenvalue weighted by Crippen LogP contribution is 2.30. The number of nitrogens with zero attached hydrogens (tertiary/aromatic N) is 2. The summed E-state index contributed by atoms with van der Waals surface area (Å²) in [5, 5.41) is 4.46. The van der Waals surface area contributed by atoms with Crippen LogP contribution in [0.15, 0.2) is 35.4 Å². The molecule has 0 atom stereocenters. The van der Waals surface area contributed by atoms with E-state index in [-0.39, 0.29) is 10.9 Å². The zero-order valence-corrected chi connectivity index (χ0v) is 15.9. The minimum Gasteiger partial charge on any atom is -0.366 e. The molecule has 2 rings (SSSR count). The number of hydrogen-bond acceptors (Lipinski definition) is 4. The molecule has 1 aromatic carbocycles. The first-order valence-electron chi connectivity index (χ1n) is 7.94. The first-order chi connectivity index (χ1) is 11.4. The number of nitrogens with one attached hydrogen (secondary N) is 1. The van der Waals surface area contributed by atoms with Crippen LogP contribution in [-0.2, 0) is 15.4 Å². The molecule has 1 amide bonds. The second-order valence-corrected chi connectivity index (χ2v) is 8.86. The second-order valence-electron chi connectivity index (χ2n) is 7.21. The van der Waals surface area contributed by atoms with Gasteiger partial charge in [-0.05, 0) is 38.1 Å². The molecule has 0 aliphatic rings. The molecule has 7 nitrogen and oxygen atoms in total. The van der Waals surface area contributed by atoms with Crippen molar-refractivity contribution in [2.75, 3.05) is 4.72 Å². The van der Waals surface area contributed by atoms with Crippen LogP contribution in [-0.4, -0.2) is 24.1 Å². The molecule has 25 heavy (non-hydrogen) atoms. The van der Waals surface area contributed by atoms with Gasteiger partial charge in [0.15, 0.2) is 0 Å². The van der Waals surface area contributed by atoms with Crippen LogP contribution in [0.3, 0.4) is 0 Å². The summed E-state index contributed by atoms with van der Waals surface area (Å²) in [6.07, 6.45) is 1.55. The van der Waals surface area contributed by atoms with Crippen molar-refractivity contribution in [3.63, 3.8) is 0 Å². The van der Waals surface area contributed by atoms with Crippen LogP contribution in [0, 0.1) is 0 Å². The molecular formula is C17H24N4O3S. The predicted octanol–water partition coefficient (Wildman–Crippen LogP) is 2.66. The number of rotatable bonds is 5. The molecule has 3 N–H and O–H groups in total. The van der Waals surface area contributed by atoms with Gasteiger partial charge in [-0.3, -0.25) is 14.2 Å². The summed E-state index contributed by atoms with van der Waals surface area (Å²) < 4.78 is 29.9. The molecule has 1 heterocycles. The van der Waals surface area contributed by atoms with E-state index in [1.54, 1.807) is 10.9 Å². The Bertz CT molecular complexity index is 876. The second kappa shape index (κ2) is 6.51. The Morgan fingerprint density at radius 3 is 2.20 bits per heavy atom. The van der Waals surface area contributed by atoms with Crippen LogP contribution in [0.5, 0.6) is 0 Å². The van der Waals surface area contributed by atoms with Crippen molar-refractivity contribution < 1.29 is 13.2 Å². The van der Waals surface area contributed by atoms with E-state index >= 15 is 0 Å². The third kappa shape index (κ3) is 4.19. The summed E-state index contributed by atoms with van der Waals surface area (Å²) in [4.78, 5) is 11.3. The van der Waals surface area contributed by atoms with E-state index in [0.29, 0.717) is 16.9 Å². The number of primary amides is 1. The van der Waals surface area contributed by atoms with Crippen LogP contribution in [0.1, 0.15) is 56.7 Å². The Morgan fingerprint density at radius 2 is 1.76 bits per heavy atom. The Labute approximate surface area is 148 Å². The molecule has 2 aromatic rings. The minimum absolute atomic E-state index is 0.0416. The van der Waals surface area contributed by atoms with Crippen molar-refractivity contribution in [1.82, 2.24) is 9.78 Å². The molecule has 8 heteroatoms. The van der Waals surface area contributed by atoms with Crippen molar-refractivity contribution in [2.45, 2.75) is 51.0 Å². The number of anilines is 1. The number of hydrogen-bond donors (Lipinski definition) is 2. The van der Waals surface area contributed by atoms with Gasteiger partial charge in [0.25, 0.3) is 10.0 Å². The standard InChI is InChI=1S/C17H24N4O3S/c1-11(2)21-10-14(15(19-21)17(3,4)5)25(23,24)20-13-8-6-12(7-9-13)16(18)22/h6-11,20H,1-5H3,(H2,18,22). The van der Waals surface area contributed by atoms with Crippen LogP contribution in [0.25, 0.3) is 0 Å². The average molecular weight is 364 g/mol. The van der Waals surface area contributed by atoms with Crippen molar-refractivity contribution in [3.8, 4) is 0 Å². The van der Waals surface area contributed by atoms with Gasteiger partial charge in [0.05, 0.1) is 5.69 Å². The SMILES string of the molecule is CC(C)n1cc(S(=O)(=O)Nc2ccc(C(N)=O)cc2)c(C(C)(C)C)n1. The van der Waals surface area contributed by atoms with E-state index in [2.05, 4.69) is 9.82 Å². The van der Waals surface area contributed by atoms with Crippen LogP contribution >= 0.6 is 0 Å². The Morgan fingerprint density at radius 1 is 1.20 bits per heavy atom. The van der Waals surface area contributed by atoms with Crippen LogP contribution < -0.4 is 10.5 Å². The quantitative estimate of drug-likeness (QED) is 0.850. The minimum atomic E-state index is -3.82. The zero-order chi connectivity index (χ0) is 19.0. The summed E-state index contributed by atoms with van der Waals surface area (Å²) in [5.41, 5.74) is 5.92. The average Bonchev–Trinajstić information content (AvgIpc) is 2.93. The Hall–Kier alpha value is -2.35. The monoisotopic (exact) mass is 364 g/mol. The summed E-state index contributed by atoms with van der Waals surface area (Å²) in [6, 6.07) is 5.99.